The molecule has 4 rings (SSSR count). The third-order valence-corrected chi connectivity index (χ3v) is 6.72. The van der Waals surface area contributed by atoms with Crippen LogP contribution in [-0.4, -0.2) is 42.3 Å². The van der Waals surface area contributed by atoms with E-state index >= 15 is 0 Å². The summed E-state index contributed by atoms with van der Waals surface area (Å²) in [5.74, 6) is 0.158. The van der Waals surface area contributed by atoms with Crippen molar-refractivity contribution in [2.45, 2.75) is 26.1 Å². The maximum atomic E-state index is 12.9. The van der Waals surface area contributed by atoms with E-state index in [9.17, 15) is 14.7 Å². The maximum Gasteiger partial charge on any atom is 0.410 e. The van der Waals surface area contributed by atoms with Gasteiger partial charge in [0.15, 0.2) is 11.5 Å². The number of hydrogen-bond donors (Lipinski definition) is 3. The zero-order chi connectivity index (χ0) is 20.7. The highest BCUT2D eigenvalue weighted by Crippen LogP contribution is 2.42. The van der Waals surface area contributed by atoms with Crippen LogP contribution in [0.4, 0.5) is 9.80 Å². The van der Waals surface area contributed by atoms with Crippen molar-refractivity contribution >= 4 is 44.3 Å². The molecule has 1 unspecified atom stereocenters. The Hall–Kier alpha value is -2.46. The van der Waals surface area contributed by atoms with Gasteiger partial charge in [-0.05, 0) is 52.5 Å². The fourth-order valence-electron chi connectivity index (χ4n) is 3.57. The molecule has 0 saturated carbocycles. The number of phenols is 1. The van der Waals surface area contributed by atoms with E-state index in [1.807, 2.05) is 0 Å². The second-order valence-corrected chi connectivity index (χ2v) is 8.64. The molecule has 0 fully saturated rings. The zero-order valence-corrected chi connectivity index (χ0v) is 18.3. The molecule has 1 atom stereocenters. The van der Waals surface area contributed by atoms with Gasteiger partial charge in [0.1, 0.15) is 11.2 Å². The van der Waals surface area contributed by atoms with E-state index in [1.54, 1.807) is 24.0 Å². The van der Waals surface area contributed by atoms with Gasteiger partial charge in [0.05, 0.1) is 30.3 Å². The molecule has 2 aliphatic rings. The van der Waals surface area contributed by atoms with Crippen molar-refractivity contribution in [2.24, 2.45) is 0 Å². The van der Waals surface area contributed by atoms with Gasteiger partial charge in [0, 0.05) is 11.4 Å². The average molecular weight is 482 g/mol. The van der Waals surface area contributed by atoms with Gasteiger partial charge in [0.2, 0.25) is 0 Å². The highest BCUT2D eigenvalue weighted by Gasteiger charge is 2.34. The molecule has 1 aromatic carbocycles. The molecule has 0 aliphatic carbocycles. The van der Waals surface area contributed by atoms with Crippen LogP contribution in [0, 0.1) is 0 Å². The summed E-state index contributed by atoms with van der Waals surface area (Å²) < 4.78 is 10.8. The number of nitrogens with one attached hydrogen (secondary N) is 2. The number of carbonyl (C=O) groups excluding carboxylic acids is 2. The Kier molecular flexibility index (Phi) is 5.30. The van der Waals surface area contributed by atoms with Crippen molar-refractivity contribution in [3.05, 3.63) is 38.2 Å². The van der Waals surface area contributed by atoms with Crippen LogP contribution in [0.5, 0.6) is 11.5 Å². The number of methoxy groups -OCH3 is 1. The van der Waals surface area contributed by atoms with Crippen molar-refractivity contribution in [3.8, 4) is 11.5 Å². The summed E-state index contributed by atoms with van der Waals surface area (Å²) in [5.41, 5.74) is 2.37. The summed E-state index contributed by atoms with van der Waals surface area (Å²) in [6.45, 7) is 3.07. The fourth-order valence-corrected chi connectivity index (χ4v) is 5.32. The molecule has 10 heteroatoms. The Balaban J connectivity index is 1.62. The van der Waals surface area contributed by atoms with E-state index < -0.39 is 6.17 Å². The predicted octanol–water partition coefficient (Wildman–Crippen LogP) is 3.59. The first kappa shape index (κ1) is 19.8. The molecular weight excluding hydrogens is 462 g/mol. The van der Waals surface area contributed by atoms with E-state index in [-0.39, 0.29) is 17.7 Å². The van der Waals surface area contributed by atoms with Crippen molar-refractivity contribution < 1.29 is 24.2 Å². The normalized spacial score (nSPS) is 17.7. The number of rotatable bonds is 3. The minimum absolute atomic E-state index is 0.00437. The van der Waals surface area contributed by atoms with Gasteiger partial charge in [-0.15, -0.1) is 11.3 Å². The van der Waals surface area contributed by atoms with Crippen LogP contribution in [0.15, 0.2) is 16.6 Å². The van der Waals surface area contributed by atoms with E-state index in [4.69, 9.17) is 9.47 Å². The number of ether oxygens (including phenoxy) is 2. The molecule has 0 radical (unpaired) electrons. The standard InChI is InChI=1S/C19H20BrN3O5S/c1-3-28-19(26)23-5-4-10-13(8-23)29-18-14(10)17(25)21-16(22-18)9-6-11(20)15(24)12(7-9)27-2/h6-7,16,22,24H,3-5,8H2,1-2H3,(H,21,25). The number of anilines is 1. The topological polar surface area (TPSA) is 100 Å². The third kappa shape index (κ3) is 3.51. The second kappa shape index (κ2) is 7.75. The fraction of sp³-hybridized carbons (Fsp3) is 0.368. The Labute approximate surface area is 179 Å². The molecule has 29 heavy (non-hydrogen) atoms. The molecule has 0 bridgehead atoms. The Morgan fingerprint density at radius 1 is 1.41 bits per heavy atom. The molecule has 2 aromatic rings. The van der Waals surface area contributed by atoms with E-state index in [1.165, 1.54) is 18.4 Å². The van der Waals surface area contributed by atoms with E-state index in [0.717, 1.165) is 21.0 Å². The zero-order valence-electron chi connectivity index (χ0n) is 15.9. The number of aromatic hydroxyl groups is 1. The number of carbonyl (C=O) groups is 2. The SMILES string of the molecule is CCOC(=O)N1CCc2c(sc3c2C(=O)NC(c2cc(Br)c(O)c(OC)c2)N3)C1. The molecule has 154 valence electrons. The van der Waals surface area contributed by atoms with Gasteiger partial charge in [-0.3, -0.25) is 4.79 Å². The Morgan fingerprint density at radius 2 is 2.21 bits per heavy atom. The van der Waals surface area contributed by atoms with Gasteiger partial charge in [-0.25, -0.2) is 4.79 Å². The van der Waals surface area contributed by atoms with Crippen LogP contribution < -0.4 is 15.4 Å². The van der Waals surface area contributed by atoms with E-state index in [0.29, 0.717) is 41.9 Å². The second-order valence-electron chi connectivity index (χ2n) is 6.68. The summed E-state index contributed by atoms with van der Waals surface area (Å²) in [5, 5.41) is 17.1. The lowest BCUT2D eigenvalue weighted by atomic mass is 10.0. The average Bonchev–Trinajstić information content (AvgIpc) is 3.08. The van der Waals surface area contributed by atoms with Crippen LogP contribution >= 0.6 is 27.3 Å². The Morgan fingerprint density at radius 3 is 2.93 bits per heavy atom. The summed E-state index contributed by atoms with van der Waals surface area (Å²) in [6, 6.07) is 3.41. The highest BCUT2D eigenvalue weighted by atomic mass is 79.9. The number of amides is 2. The van der Waals surface area contributed by atoms with Crippen molar-refractivity contribution in [1.29, 1.82) is 0 Å². The quantitative estimate of drug-likeness (QED) is 0.619. The summed E-state index contributed by atoms with van der Waals surface area (Å²) >= 11 is 4.80. The van der Waals surface area contributed by atoms with Crippen LogP contribution in [0.3, 0.4) is 0 Å². The molecule has 2 amide bonds. The van der Waals surface area contributed by atoms with Crippen molar-refractivity contribution in [3.63, 3.8) is 0 Å². The molecular formula is C19H20BrN3O5S. The molecule has 8 nitrogen and oxygen atoms in total. The maximum absolute atomic E-state index is 12.9. The van der Waals surface area contributed by atoms with Crippen molar-refractivity contribution in [2.75, 3.05) is 25.6 Å². The van der Waals surface area contributed by atoms with Crippen LogP contribution in [-0.2, 0) is 17.7 Å². The number of benzene rings is 1. The van der Waals surface area contributed by atoms with Gasteiger partial charge < -0.3 is 30.1 Å². The van der Waals surface area contributed by atoms with Crippen LogP contribution in [0.2, 0.25) is 0 Å². The lowest BCUT2D eigenvalue weighted by Crippen LogP contribution is -2.39. The molecule has 0 saturated heterocycles. The molecule has 3 heterocycles. The van der Waals surface area contributed by atoms with Gasteiger partial charge in [-0.1, -0.05) is 0 Å². The third-order valence-electron chi connectivity index (χ3n) is 4.96. The van der Waals surface area contributed by atoms with Crippen LogP contribution in [0.1, 0.15) is 39.5 Å². The van der Waals surface area contributed by atoms with Crippen LogP contribution in [0.25, 0.3) is 0 Å². The molecule has 3 N–H and O–H groups in total. The number of halogens is 1. The van der Waals surface area contributed by atoms with Gasteiger partial charge >= 0.3 is 6.09 Å². The summed E-state index contributed by atoms with van der Waals surface area (Å²) in [4.78, 5) is 27.6. The number of thiophene rings is 1. The lowest BCUT2D eigenvalue weighted by molar-refractivity contribution is 0.0934. The van der Waals surface area contributed by atoms with Gasteiger partial charge in [0.25, 0.3) is 5.91 Å². The number of fused-ring (bicyclic) bond motifs is 3. The molecule has 0 spiro atoms. The first-order valence-corrected chi connectivity index (χ1v) is 10.7. The van der Waals surface area contributed by atoms with Crippen molar-refractivity contribution in [1.82, 2.24) is 10.2 Å². The first-order valence-electron chi connectivity index (χ1n) is 9.13. The number of phenolic OH excluding ortho intramolecular Hbond substituents is 1. The lowest BCUT2D eigenvalue weighted by Gasteiger charge is -2.28. The monoisotopic (exact) mass is 481 g/mol. The minimum atomic E-state index is -0.470. The summed E-state index contributed by atoms with van der Waals surface area (Å²) in [7, 11) is 1.47. The molecule has 1 aromatic heterocycles. The highest BCUT2D eigenvalue weighted by molar-refractivity contribution is 9.10. The van der Waals surface area contributed by atoms with E-state index in [2.05, 4.69) is 26.6 Å². The minimum Gasteiger partial charge on any atom is -0.503 e. The largest absolute Gasteiger partial charge is 0.503 e. The molecule has 2 aliphatic heterocycles. The first-order chi connectivity index (χ1) is 13.9. The number of hydrogen-bond acceptors (Lipinski definition) is 7. The number of nitrogens with zero attached hydrogens (tertiary/aromatic N) is 1. The predicted molar refractivity (Wildman–Crippen MR) is 112 cm³/mol. The Bertz CT molecular complexity index is 993. The van der Waals surface area contributed by atoms with Gasteiger partial charge in [-0.2, -0.15) is 0 Å². The smallest absolute Gasteiger partial charge is 0.410 e. The summed E-state index contributed by atoms with van der Waals surface area (Å²) in [6.07, 6.45) is -0.193.